The lowest BCUT2D eigenvalue weighted by molar-refractivity contribution is 0.473. The first-order valence-electron chi connectivity index (χ1n) is 4.77. The topological polar surface area (TPSA) is 66.4 Å². The van der Waals surface area contributed by atoms with Gasteiger partial charge in [0.2, 0.25) is 10.0 Å². The Kier molecular flexibility index (Phi) is 3.93. The Morgan fingerprint density at radius 2 is 2.25 bits per heavy atom. The van der Waals surface area contributed by atoms with Crippen LogP contribution in [-0.4, -0.2) is 19.6 Å². The molecular weight excluding hydrogens is 226 g/mol. The number of benzene rings is 1. The third kappa shape index (κ3) is 2.99. The van der Waals surface area contributed by atoms with Gasteiger partial charge in [-0.1, -0.05) is 18.9 Å². The molecule has 0 radical (unpaired) electrons. The molecule has 0 aliphatic carbocycles. The summed E-state index contributed by atoms with van der Waals surface area (Å²) < 4.78 is 26.0. The van der Waals surface area contributed by atoms with Crippen LogP contribution in [0.2, 0.25) is 0 Å². The molecule has 1 unspecified atom stereocenters. The van der Waals surface area contributed by atoms with Crippen LogP contribution in [0.15, 0.2) is 29.2 Å². The molecule has 0 fully saturated rings. The molecule has 0 bridgehead atoms. The number of sulfonamides is 1. The number of nitrogens with one attached hydrogen (secondary N) is 1. The highest BCUT2D eigenvalue weighted by molar-refractivity contribution is 7.89. The van der Waals surface area contributed by atoms with Crippen LogP contribution >= 0.6 is 0 Å². The Bertz CT molecular complexity index is 502. The standard InChI is InChI=1S/C11H13NO3S/c1-3-9(4-2)12-16(14,15)11-7-5-6-10(13)8-11/h1,5-9,12-13H,4H2,2H3. The van der Waals surface area contributed by atoms with Crippen molar-refractivity contribution >= 4 is 10.0 Å². The first kappa shape index (κ1) is 12.6. The van der Waals surface area contributed by atoms with Gasteiger partial charge in [0.25, 0.3) is 0 Å². The van der Waals surface area contributed by atoms with E-state index < -0.39 is 16.1 Å². The normalized spacial score (nSPS) is 13.0. The summed E-state index contributed by atoms with van der Waals surface area (Å²) in [5.74, 6) is 2.24. The third-order valence-electron chi connectivity index (χ3n) is 2.03. The first-order chi connectivity index (χ1) is 7.49. The summed E-state index contributed by atoms with van der Waals surface area (Å²) in [7, 11) is -3.66. The molecule has 0 aromatic heterocycles. The lowest BCUT2D eigenvalue weighted by Gasteiger charge is -2.11. The summed E-state index contributed by atoms with van der Waals surface area (Å²) in [6.45, 7) is 1.79. The lowest BCUT2D eigenvalue weighted by atomic mass is 10.3. The van der Waals surface area contributed by atoms with Crippen molar-refractivity contribution in [2.75, 3.05) is 0 Å². The van der Waals surface area contributed by atoms with Crippen molar-refractivity contribution in [3.63, 3.8) is 0 Å². The van der Waals surface area contributed by atoms with Gasteiger partial charge in [0, 0.05) is 0 Å². The zero-order valence-corrected chi connectivity index (χ0v) is 9.66. The minimum atomic E-state index is -3.66. The lowest BCUT2D eigenvalue weighted by Crippen LogP contribution is -2.33. The van der Waals surface area contributed by atoms with E-state index in [1.54, 1.807) is 6.92 Å². The molecule has 0 aliphatic rings. The molecule has 4 nitrogen and oxygen atoms in total. The molecule has 0 heterocycles. The second-order valence-electron chi connectivity index (χ2n) is 3.25. The van der Waals surface area contributed by atoms with Crippen molar-refractivity contribution < 1.29 is 13.5 Å². The molecule has 0 saturated carbocycles. The molecule has 0 spiro atoms. The van der Waals surface area contributed by atoms with Gasteiger partial charge in [-0.15, -0.1) is 6.42 Å². The Labute approximate surface area is 95.4 Å². The Hall–Kier alpha value is -1.51. The number of phenolic OH excluding ortho intramolecular Hbond substituents is 1. The van der Waals surface area contributed by atoms with Crippen LogP contribution in [0.3, 0.4) is 0 Å². The zero-order chi connectivity index (χ0) is 12.2. The van der Waals surface area contributed by atoms with E-state index in [4.69, 9.17) is 6.42 Å². The van der Waals surface area contributed by atoms with Crippen LogP contribution < -0.4 is 4.72 Å². The third-order valence-corrected chi connectivity index (χ3v) is 3.50. The minimum absolute atomic E-state index is 0.00111. The van der Waals surface area contributed by atoms with Crippen molar-refractivity contribution in [1.82, 2.24) is 4.72 Å². The summed E-state index contributed by atoms with van der Waals surface area (Å²) in [5, 5.41) is 9.19. The second kappa shape index (κ2) is 5.01. The zero-order valence-electron chi connectivity index (χ0n) is 8.84. The average molecular weight is 239 g/mol. The highest BCUT2D eigenvalue weighted by Gasteiger charge is 2.17. The molecule has 0 aliphatic heterocycles. The Morgan fingerprint density at radius 1 is 1.56 bits per heavy atom. The average Bonchev–Trinajstić information content (AvgIpc) is 2.26. The van der Waals surface area contributed by atoms with E-state index >= 15 is 0 Å². The molecular formula is C11H13NO3S. The molecule has 16 heavy (non-hydrogen) atoms. The van der Waals surface area contributed by atoms with Gasteiger partial charge < -0.3 is 5.11 Å². The van der Waals surface area contributed by atoms with Gasteiger partial charge in [-0.25, -0.2) is 8.42 Å². The van der Waals surface area contributed by atoms with E-state index in [1.165, 1.54) is 24.3 Å². The second-order valence-corrected chi connectivity index (χ2v) is 4.96. The number of terminal acetylenes is 1. The largest absolute Gasteiger partial charge is 0.508 e. The summed E-state index contributed by atoms with van der Waals surface area (Å²) in [4.78, 5) is 0.00111. The van der Waals surface area contributed by atoms with Gasteiger partial charge >= 0.3 is 0 Å². The first-order valence-corrected chi connectivity index (χ1v) is 6.25. The minimum Gasteiger partial charge on any atom is -0.508 e. The number of hydrogen-bond donors (Lipinski definition) is 2. The quantitative estimate of drug-likeness (QED) is 0.773. The number of rotatable bonds is 4. The number of aromatic hydroxyl groups is 1. The maximum atomic E-state index is 11.8. The molecule has 1 rings (SSSR count). The van der Waals surface area contributed by atoms with Crippen LogP contribution in [0.25, 0.3) is 0 Å². The van der Waals surface area contributed by atoms with E-state index in [2.05, 4.69) is 10.6 Å². The van der Waals surface area contributed by atoms with Crippen LogP contribution in [0.1, 0.15) is 13.3 Å². The molecule has 1 aromatic rings. The van der Waals surface area contributed by atoms with Gasteiger partial charge in [-0.3, -0.25) is 0 Å². The fourth-order valence-corrected chi connectivity index (χ4v) is 2.42. The summed E-state index contributed by atoms with van der Waals surface area (Å²) in [5.41, 5.74) is 0. The van der Waals surface area contributed by atoms with Gasteiger partial charge in [0.05, 0.1) is 10.9 Å². The van der Waals surface area contributed by atoms with Crippen molar-refractivity contribution in [2.45, 2.75) is 24.3 Å². The van der Waals surface area contributed by atoms with Crippen LogP contribution in [-0.2, 0) is 10.0 Å². The molecule has 86 valence electrons. The van der Waals surface area contributed by atoms with Crippen molar-refractivity contribution in [3.8, 4) is 18.1 Å². The molecule has 0 amide bonds. The smallest absolute Gasteiger partial charge is 0.241 e. The van der Waals surface area contributed by atoms with Crippen LogP contribution in [0.5, 0.6) is 5.75 Å². The van der Waals surface area contributed by atoms with E-state index in [9.17, 15) is 13.5 Å². The van der Waals surface area contributed by atoms with Gasteiger partial charge in [0.1, 0.15) is 5.75 Å². The SMILES string of the molecule is C#CC(CC)NS(=O)(=O)c1cccc(O)c1. The highest BCUT2D eigenvalue weighted by Crippen LogP contribution is 2.16. The maximum absolute atomic E-state index is 11.8. The summed E-state index contributed by atoms with van der Waals surface area (Å²) in [6, 6.07) is 4.89. The molecule has 0 saturated heterocycles. The molecule has 1 aromatic carbocycles. The molecule has 1 atom stereocenters. The summed E-state index contributed by atoms with van der Waals surface area (Å²) in [6.07, 6.45) is 5.68. The Balaban J connectivity index is 3.00. The molecule has 5 heteroatoms. The van der Waals surface area contributed by atoms with Crippen molar-refractivity contribution in [1.29, 1.82) is 0 Å². The predicted octanol–water partition coefficient (Wildman–Crippen LogP) is 1.08. The maximum Gasteiger partial charge on any atom is 0.241 e. The number of hydrogen-bond acceptors (Lipinski definition) is 3. The van der Waals surface area contributed by atoms with Crippen molar-refractivity contribution in [3.05, 3.63) is 24.3 Å². The van der Waals surface area contributed by atoms with E-state index in [0.717, 1.165) is 0 Å². The highest BCUT2D eigenvalue weighted by atomic mass is 32.2. The van der Waals surface area contributed by atoms with Crippen LogP contribution in [0.4, 0.5) is 0 Å². The van der Waals surface area contributed by atoms with E-state index in [-0.39, 0.29) is 10.6 Å². The van der Waals surface area contributed by atoms with Gasteiger partial charge in [-0.05, 0) is 24.6 Å². The van der Waals surface area contributed by atoms with Crippen LogP contribution in [0, 0.1) is 12.3 Å². The monoisotopic (exact) mass is 239 g/mol. The van der Waals surface area contributed by atoms with E-state index in [0.29, 0.717) is 6.42 Å². The number of phenols is 1. The Morgan fingerprint density at radius 3 is 2.75 bits per heavy atom. The van der Waals surface area contributed by atoms with Gasteiger partial charge in [0.15, 0.2) is 0 Å². The van der Waals surface area contributed by atoms with Crippen molar-refractivity contribution in [2.24, 2.45) is 0 Å². The van der Waals surface area contributed by atoms with Gasteiger partial charge in [-0.2, -0.15) is 4.72 Å². The summed E-state index contributed by atoms with van der Waals surface area (Å²) >= 11 is 0. The predicted molar refractivity (Wildman–Crippen MR) is 61.3 cm³/mol. The molecule has 2 N–H and O–H groups in total. The van der Waals surface area contributed by atoms with E-state index in [1.807, 2.05) is 0 Å². The fourth-order valence-electron chi connectivity index (χ4n) is 1.14. The fraction of sp³-hybridized carbons (Fsp3) is 0.273.